The van der Waals surface area contributed by atoms with Crippen molar-refractivity contribution in [3.63, 3.8) is 0 Å². The van der Waals surface area contributed by atoms with Crippen molar-refractivity contribution >= 4 is 5.91 Å². The highest BCUT2D eigenvalue weighted by molar-refractivity contribution is 5.80. The first kappa shape index (κ1) is 26.3. The van der Waals surface area contributed by atoms with E-state index in [1.54, 1.807) is 0 Å². The van der Waals surface area contributed by atoms with Gasteiger partial charge in [-0.1, -0.05) is 84.0 Å². The first-order chi connectivity index (χ1) is 12.9. The van der Waals surface area contributed by atoms with E-state index >= 15 is 0 Å². The number of hydrogen-bond donors (Lipinski definition) is 5. The highest BCUT2D eigenvalue weighted by Gasteiger charge is 2.27. The molecular weight excluding hydrogens is 346 g/mol. The molecule has 0 rings (SSSR count). The van der Waals surface area contributed by atoms with Crippen molar-refractivity contribution in [2.24, 2.45) is 0 Å². The van der Waals surface area contributed by atoms with Crippen LogP contribution in [0.25, 0.3) is 0 Å². The summed E-state index contributed by atoms with van der Waals surface area (Å²) in [5.41, 5.74) is 0. The lowest BCUT2D eigenvalue weighted by Crippen LogP contribution is -2.52. The summed E-state index contributed by atoms with van der Waals surface area (Å²) in [5.74, 6) is -0.675. The summed E-state index contributed by atoms with van der Waals surface area (Å²) >= 11 is 0. The fraction of sp³-hybridized carbons (Fsp3) is 0.952. The number of hydrogen-bond acceptors (Lipinski definition) is 5. The summed E-state index contributed by atoms with van der Waals surface area (Å²) < 4.78 is 0. The van der Waals surface area contributed by atoms with Gasteiger partial charge in [0.05, 0.1) is 18.8 Å². The predicted molar refractivity (Wildman–Crippen MR) is 108 cm³/mol. The molecule has 0 fully saturated rings. The average Bonchev–Trinajstić information content (AvgIpc) is 2.65. The van der Waals surface area contributed by atoms with E-state index in [1.807, 2.05) is 0 Å². The van der Waals surface area contributed by atoms with Crippen LogP contribution in [0.2, 0.25) is 0 Å². The van der Waals surface area contributed by atoms with Crippen LogP contribution < -0.4 is 5.32 Å². The van der Waals surface area contributed by atoms with E-state index in [0.717, 1.165) is 19.3 Å². The van der Waals surface area contributed by atoms with Crippen molar-refractivity contribution in [1.82, 2.24) is 5.32 Å². The molecule has 0 bridgehead atoms. The molecule has 4 atom stereocenters. The summed E-state index contributed by atoms with van der Waals surface area (Å²) in [6, 6.07) is -0.973. The van der Waals surface area contributed by atoms with Gasteiger partial charge < -0.3 is 25.7 Å². The molecule has 0 saturated carbocycles. The van der Waals surface area contributed by atoms with Crippen molar-refractivity contribution in [2.45, 2.75) is 122 Å². The molecule has 5 N–H and O–H groups in total. The van der Waals surface area contributed by atoms with Crippen molar-refractivity contribution in [2.75, 3.05) is 6.61 Å². The van der Waals surface area contributed by atoms with Crippen molar-refractivity contribution < 1.29 is 25.2 Å². The predicted octanol–water partition coefficient (Wildman–Crippen LogP) is 2.66. The molecule has 0 aromatic rings. The molecule has 0 heterocycles. The minimum Gasteiger partial charge on any atom is -0.394 e. The van der Waals surface area contributed by atoms with Gasteiger partial charge in [0.2, 0.25) is 5.91 Å². The first-order valence-electron chi connectivity index (χ1n) is 10.9. The van der Waals surface area contributed by atoms with Gasteiger partial charge in [-0.05, 0) is 13.3 Å². The SMILES string of the molecule is CCCCCCCCCCCCCC[C@@H](O)[C@@H](O)[C@H](CO)NC(=O)[C@H](C)O. The molecule has 0 aliphatic rings. The van der Waals surface area contributed by atoms with Crippen molar-refractivity contribution in [3.8, 4) is 0 Å². The van der Waals surface area contributed by atoms with Crippen LogP contribution in [0.5, 0.6) is 0 Å². The smallest absolute Gasteiger partial charge is 0.248 e. The highest BCUT2D eigenvalue weighted by Crippen LogP contribution is 2.14. The van der Waals surface area contributed by atoms with Gasteiger partial charge in [-0.2, -0.15) is 0 Å². The Balaban J connectivity index is 3.68. The molecule has 162 valence electrons. The Morgan fingerprint density at radius 1 is 0.815 bits per heavy atom. The maximum absolute atomic E-state index is 11.4. The molecule has 0 radical (unpaired) electrons. The van der Waals surface area contributed by atoms with Gasteiger partial charge in [0.25, 0.3) is 0 Å². The fourth-order valence-corrected chi connectivity index (χ4v) is 3.18. The van der Waals surface area contributed by atoms with E-state index in [2.05, 4.69) is 12.2 Å². The second-order valence-electron chi connectivity index (χ2n) is 7.71. The van der Waals surface area contributed by atoms with E-state index < -0.39 is 36.9 Å². The zero-order valence-electron chi connectivity index (χ0n) is 17.4. The monoisotopic (exact) mass is 389 g/mol. The van der Waals surface area contributed by atoms with Crippen LogP contribution in [-0.2, 0) is 4.79 Å². The third kappa shape index (κ3) is 14.0. The molecule has 0 aliphatic heterocycles. The Morgan fingerprint density at radius 2 is 1.26 bits per heavy atom. The van der Waals surface area contributed by atoms with Gasteiger partial charge in [-0.25, -0.2) is 0 Å². The average molecular weight is 390 g/mol. The normalized spacial score (nSPS) is 15.9. The quantitative estimate of drug-likeness (QED) is 0.232. The number of carbonyl (C=O) groups excluding carboxylic acids is 1. The standard InChI is InChI=1S/C21H43NO5/c1-3-4-5-6-7-8-9-10-11-12-13-14-15-19(25)20(26)18(16-23)22-21(27)17(2)24/h17-20,23-26H,3-16H2,1-2H3,(H,22,27)/t17-,18-,19+,20-/m0/s1. The molecule has 0 unspecified atom stereocenters. The Labute approximate surface area is 165 Å². The van der Waals surface area contributed by atoms with Gasteiger partial charge in [-0.15, -0.1) is 0 Å². The summed E-state index contributed by atoms with van der Waals surface area (Å²) in [6.45, 7) is 3.05. The van der Waals surface area contributed by atoms with Gasteiger partial charge in [0.15, 0.2) is 0 Å². The molecule has 0 aliphatic carbocycles. The van der Waals surface area contributed by atoms with Crippen LogP contribution in [-0.4, -0.2) is 57.3 Å². The maximum Gasteiger partial charge on any atom is 0.248 e. The Morgan fingerprint density at radius 3 is 1.67 bits per heavy atom. The molecule has 6 heteroatoms. The number of nitrogens with one attached hydrogen (secondary N) is 1. The van der Waals surface area contributed by atoms with Gasteiger partial charge >= 0.3 is 0 Å². The van der Waals surface area contributed by atoms with Crippen LogP contribution in [0, 0.1) is 0 Å². The molecular formula is C21H43NO5. The number of unbranched alkanes of at least 4 members (excludes halogenated alkanes) is 11. The number of amides is 1. The molecule has 0 aromatic carbocycles. The van der Waals surface area contributed by atoms with E-state index in [-0.39, 0.29) is 0 Å². The number of aliphatic hydroxyl groups excluding tert-OH is 4. The van der Waals surface area contributed by atoms with Gasteiger partial charge in [0, 0.05) is 0 Å². The zero-order chi connectivity index (χ0) is 20.5. The van der Waals surface area contributed by atoms with Crippen LogP contribution in [0.3, 0.4) is 0 Å². The fourth-order valence-electron chi connectivity index (χ4n) is 3.18. The van der Waals surface area contributed by atoms with Gasteiger partial charge in [-0.3, -0.25) is 4.79 Å². The summed E-state index contributed by atoms with van der Waals surface area (Å²) in [4.78, 5) is 11.4. The number of rotatable bonds is 18. The third-order valence-electron chi connectivity index (χ3n) is 5.06. The van der Waals surface area contributed by atoms with Crippen LogP contribution in [0.1, 0.15) is 97.3 Å². The van der Waals surface area contributed by atoms with Gasteiger partial charge in [0.1, 0.15) is 12.2 Å². The molecule has 1 amide bonds. The second-order valence-corrected chi connectivity index (χ2v) is 7.71. The largest absolute Gasteiger partial charge is 0.394 e. The lowest BCUT2D eigenvalue weighted by Gasteiger charge is -2.26. The Kier molecular flexibility index (Phi) is 17.0. The van der Waals surface area contributed by atoms with E-state index in [4.69, 9.17) is 0 Å². The van der Waals surface area contributed by atoms with Crippen LogP contribution >= 0.6 is 0 Å². The Bertz CT molecular complexity index is 351. The second kappa shape index (κ2) is 17.4. The molecule has 0 aromatic heterocycles. The lowest BCUT2D eigenvalue weighted by molar-refractivity contribution is -0.131. The minimum atomic E-state index is -1.24. The summed E-state index contributed by atoms with van der Waals surface area (Å²) in [6.07, 6.45) is 11.7. The lowest BCUT2D eigenvalue weighted by atomic mass is 9.99. The topological polar surface area (TPSA) is 110 Å². The van der Waals surface area contributed by atoms with Crippen LogP contribution in [0.15, 0.2) is 0 Å². The Hall–Kier alpha value is -0.690. The van der Waals surface area contributed by atoms with E-state index in [0.29, 0.717) is 6.42 Å². The summed E-state index contributed by atoms with van der Waals surface area (Å²) in [5, 5.41) is 40.9. The highest BCUT2D eigenvalue weighted by atomic mass is 16.3. The van der Waals surface area contributed by atoms with E-state index in [1.165, 1.54) is 64.7 Å². The molecule has 27 heavy (non-hydrogen) atoms. The molecule has 0 spiro atoms. The maximum atomic E-state index is 11.4. The van der Waals surface area contributed by atoms with Crippen LogP contribution in [0.4, 0.5) is 0 Å². The summed E-state index contributed by atoms with van der Waals surface area (Å²) in [7, 11) is 0. The number of aliphatic hydroxyl groups is 4. The van der Waals surface area contributed by atoms with Crippen molar-refractivity contribution in [1.29, 1.82) is 0 Å². The number of carbonyl (C=O) groups is 1. The molecule has 0 saturated heterocycles. The first-order valence-corrected chi connectivity index (χ1v) is 10.9. The third-order valence-corrected chi connectivity index (χ3v) is 5.06. The van der Waals surface area contributed by atoms with Crippen molar-refractivity contribution in [3.05, 3.63) is 0 Å². The van der Waals surface area contributed by atoms with E-state index in [9.17, 15) is 25.2 Å². The zero-order valence-corrected chi connectivity index (χ0v) is 17.4. The molecule has 6 nitrogen and oxygen atoms in total. The minimum absolute atomic E-state index is 0.430.